The predicted molar refractivity (Wildman–Crippen MR) is 117 cm³/mol. The van der Waals surface area contributed by atoms with E-state index in [0.717, 1.165) is 37.9 Å². The summed E-state index contributed by atoms with van der Waals surface area (Å²) in [4.78, 5) is 30.5. The number of halogens is 2. The maximum atomic E-state index is 12.9. The monoisotopic (exact) mass is 441 g/mol. The smallest absolute Gasteiger partial charge is 0.387 e. The minimum absolute atomic E-state index is 0.0328. The van der Waals surface area contributed by atoms with Crippen molar-refractivity contribution < 1.29 is 18.3 Å². The van der Waals surface area contributed by atoms with Crippen LogP contribution in [0.4, 0.5) is 8.78 Å². The van der Waals surface area contributed by atoms with Crippen molar-refractivity contribution in [2.75, 3.05) is 0 Å². The Bertz CT molecular complexity index is 1190. The fourth-order valence-corrected chi connectivity index (χ4v) is 4.06. The first kappa shape index (κ1) is 21.9. The van der Waals surface area contributed by atoms with Gasteiger partial charge in [-0.1, -0.05) is 25.0 Å². The Hall–Kier alpha value is -3.29. The fourth-order valence-electron chi connectivity index (χ4n) is 4.06. The van der Waals surface area contributed by atoms with Crippen molar-refractivity contribution in [1.29, 1.82) is 0 Å². The number of hydrogen-bond donors (Lipinski definition) is 1. The fraction of sp³-hybridized carbons (Fsp3) is 0.375. The zero-order valence-corrected chi connectivity index (χ0v) is 17.8. The Kier molecular flexibility index (Phi) is 6.48. The van der Waals surface area contributed by atoms with Gasteiger partial charge in [-0.05, 0) is 55.7 Å². The molecule has 0 saturated heterocycles. The van der Waals surface area contributed by atoms with Crippen molar-refractivity contribution >= 4 is 16.8 Å². The van der Waals surface area contributed by atoms with E-state index in [9.17, 15) is 18.4 Å². The number of hydrogen-bond acceptors (Lipinski definition) is 4. The van der Waals surface area contributed by atoms with Crippen molar-refractivity contribution in [3.05, 3.63) is 69.8 Å². The summed E-state index contributed by atoms with van der Waals surface area (Å²) in [5.41, 5.74) is 1.46. The molecule has 0 aliphatic carbocycles. The van der Waals surface area contributed by atoms with Gasteiger partial charge < -0.3 is 10.1 Å². The zero-order valence-electron chi connectivity index (χ0n) is 17.8. The van der Waals surface area contributed by atoms with Crippen LogP contribution in [0.1, 0.15) is 60.4 Å². The Labute approximate surface area is 184 Å². The van der Waals surface area contributed by atoms with Crippen LogP contribution < -0.4 is 15.6 Å². The number of carbonyl (C=O) groups excluding carboxylic acids is 1. The molecule has 8 heteroatoms. The molecule has 3 aromatic rings. The third-order valence-corrected chi connectivity index (χ3v) is 5.76. The standard InChI is InChI=1S/C24H25F2N3O3/c1-15(16-7-6-8-18(13-16)32-24(25)26)27-22(30)17-10-11-19-20(14-17)28-21-9-4-2-3-5-12-29(21)23(19)31/h6-8,10-11,13-15,24H,2-5,9,12H2,1H3,(H,27,30). The second kappa shape index (κ2) is 9.46. The van der Waals surface area contributed by atoms with Gasteiger partial charge in [-0.25, -0.2) is 4.98 Å². The third kappa shape index (κ3) is 4.79. The highest BCUT2D eigenvalue weighted by molar-refractivity contribution is 5.97. The Morgan fingerprint density at radius 1 is 1.12 bits per heavy atom. The van der Waals surface area contributed by atoms with Gasteiger partial charge in [0, 0.05) is 18.5 Å². The predicted octanol–water partition coefficient (Wildman–Crippen LogP) is 4.61. The average Bonchev–Trinajstić information content (AvgIpc) is 2.74. The van der Waals surface area contributed by atoms with Crippen molar-refractivity contribution in [2.24, 2.45) is 0 Å². The molecule has 4 rings (SSSR count). The number of benzene rings is 2. The Morgan fingerprint density at radius 2 is 1.94 bits per heavy atom. The number of carbonyl (C=O) groups is 1. The molecule has 1 aliphatic heterocycles. The molecule has 1 amide bonds. The molecule has 168 valence electrons. The number of fused-ring (bicyclic) bond motifs is 2. The largest absolute Gasteiger partial charge is 0.435 e. The van der Waals surface area contributed by atoms with E-state index in [2.05, 4.69) is 10.1 Å². The zero-order chi connectivity index (χ0) is 22.7. The van der Waals surface area contributed by atoms with Gasteiger partial charge in [-0.3, -0.25) is 14.2 Å². The molecule has 0 fully saturated rings. The van der Waals surface area contributed by atoms with E-state index in [0.29, 0.717) is 28.6 Å². The minimum Gasteiger partial charge on any atom is -0.435 e. The summed E-state index contributed by atoms with van der Waals surface area (Å²) >= 11 is 0. The molecule has 2 heterocycles. The van der Waals surface area contributed by atoms with Crippen molar-refractivity contribution in [1.82, 2.24) is 14.9 Å². The third-order valence-electron chi connectivity index (χ3n) is 5.76. The SMILES string of the molecule is CC(NC(=O)c1ccc2c(=O)n3c(nc2c1)CCCCCC3)c1cccc(OC(F)F)c1. The molecule has 32 heavy (non-hydrogen) atoms. The molecule has 0 saturated carbocycles. The van der Waals surface area contributed by atoms with Gasteiger partial charge in [-0.15, -0.1) is 0 Å². The lowest BCUT2D eigenvalue weighted by Crippen LogP contribution is -2.28. The molecule has 1 aromatic heterocycles. The van der Waals surface area contributed by atoms with E-state index in [1.54, 1.807) is 41.8 Å². The van der Waals surface area contributed by atoms with Crippen LogP contribution in [-0.4, -0.2) is 22.1 Å². The van der Waals surface area contributed by atoms with Gasteiger partial charge in [0.1, 0.15) is 11.6 Å². The maximum absolute atomic E-state index is 12.9. The lowest BCUT2D eigenvalue weighted by Gasteiger charge is -2.17. The van der Waals surface area contributed by atoms with E-state index in [-0.39, 0.29) is 17.2 Å². The molecule has 1 aliphatic rings. The minimum atomic E-state index is -2.91. The first-order valence-electron chi connectivity index (χ1n) is 10.8. The van der Waals surface area contributed by atoms with E-state index >= 15 is 0 Å². The van der Waals surface area contributed by atoms with E-state index in [1.807, 2.05) is 0 Å². The topological polar surface area (TPSA) is 73.2 Å². The summed E-state index contributed by atoms with van der Waals surface area (Å²) in [5.74, 6) is 0.461. The van der Waals surface area contributed by atoms with Crippen LogP contribution in [0.5, 0.6) is 5.75 Å². The normalized spacial score (nSPS) is 15.0. The van der Waals surface area contributed by atoms with Gasteiger partial charge in [0.05, 0.1) is 16.9 Å². The van der Waals surface area contributed by atoms with E-state index < -0.39 is 12.7 Å². The highest BCUT2D eigenvalue weighted by Crippen LogP contribution is 2.22. The molecule has 1 N–H and O–H groups in total. The number of nitrogens with one attached hydrogen (secondary N) is 1. The highest BCUT2D eigenvalue weighted by Gasteiger charge is 2.17. The summed E-state index contributed by atoms with van der Waals surface area (Å²) in [7, 11) is 0. The Morgan fingerprint density at radius 3 is 2.75 bits per heavy atom. The molecule has 0 bridgehead atoms. The Balaban J connectivity index is 1.57. The van der Waals surface area contributed by atoms with Crippen LogP contribution in [0.3, 0.4) is 0 Å². The van der Waals surface area contributed by atoms with Crippen molar-refractivity contribution in [3.8, 4) is 5.75 Å². The molecule has 0 spiro atoms. The summed E-state index contributed by atoms with van der Waals surface area (Å²) in [5, 5.41) is 3.36. The summed E-state index contributed by atoms with van der Waals surface area (Å²) in [6.45, 7) is -0.484. The van der Waals surface area contributed by atoms with Crippen LogP contribution in [0.15, 0.2) is 47.3 Å². The summed E-state index contributed by atoms with van der Waals surface area (Å²) in [6.07, 6.45) is 4.93. The van der Waals surface area contributed by atoms with Crippen molar-refractivity contribution in [3.63, 3.8) is 0 Å². The molecule has 2 aromatic carbocycles. The number of amides is 1. The van der Waals surface area contributed by atoms with Crippen LogP contribution in [-0.2, 0) is 13.0 Å². The van der Waals surface area contributed by atoms with Crippen LogP contribution in [0, 0.1) is 0 Å². The lowest BCUT2D eigenvalue weighted by atomic mass is 10.1. The van der Waals surface area contributed by atoms with Crippen molar-refractivity contribution in [2.45, 2.75) is 58.2 Å². The summed E-state index contributed by atoms with van der Waals surface area (Å²) in [6, 6.07) is 10.7. The van der Waals surface area contributed by atoms with Gasteiger partial charge in [0.25, 0.3) is 11.5 Å². The van der Waals surface area contributed by atoms with Gasteiger partial charge in [0.2, 0.25) is 0 Å². The lowest BCUT2D eigenvalue weighted by molar-refractivity contribution is -0.0499. The molecule has 1 atom stereocenters. The van der Waals surface area contributed by atoms with Gasteiger partial charge >= 0.3 is 6.61 Å². The molecule has 1 unspecified atom stereocenters. The highest BCUT2D eigenvalue weighted by atomic mass is 19.3. The number of nitrogens with zero attached hydrogens (tertiary/aromatic N) is 2. The summed E-state index contributed by atoms with van der Waals surface area (Å²) < 4.78 is 31.1. The van der Waals surface area contributed by atoms with E-state index in [1.165, 1.54) is 12.1 Å². The van der Waals surface area contributed by atoms with Crippen LogP contribution >= 0.6 is 0 Å². The average molecular weight is 441 g/mol. The first-order chi connectivity index (χ1) is 15.4. The van der Waals surface area contributed by atoms with Gasteiger partial charge in [-0.2, -0.15) is 8.78 Å². The number of rotatable bonds is 5. The number of aryl methyl sites for hydroxylation is 1. The number of alkyl halides is 2. The molecule has 6 nitrogen and oxygen atoms in total. The second-order valence-corrected chi connectivity index (χ2v) is 8.03. The maximum Gasteiger partial charge on any atom is 0.387 e. The molecular weight excluding hydrogens is 416 g/mol. The van der Waals surface area contributed by atoms with Gasteiger partial charge in [0.15, 0.2) is 0 Å². The van der Waals surface area contributed by atoms with E-state index in [4.69, 9.17) is 4.98 Å². The molecule has 0 radical (unpaired) electrons. The number of aromatic nitrogens is 2. The first-order valence-corrected chi connectivity index (χ1v) is 10.8. The van der Waals surface area contributed by atoms with Crippen LogP contribution in [0.2, 0.25) is 0 Å². The second-order valence-electron chi connectivity index (χ2n) is 8.03. The number of ether oxygens (including phenoxy) is 1. The molecular formula is C24H25F2N3O3. The van der Waals surface area contributed by atoms with Crippen LogP contribution in [0.25, 0.3) is 10.9 Å². The quantitative estimate of drug-likeness (QED) is 0.628.